The van der Waals surface area contributed by atoms with Gasteiger partial charge in [-0.25, -0.2) is 8.78 Å². The molecule has 18 heavy (non-hydrogen) atoms. The van der Waals surface area contributed by atoms with E-state index in [1.807, 2.05) is 6.08 Å². The summed E-state index contributed by atoms with van der Waals surface area (Å²) >= 11 is 2.92. The Morgan fingerprint density at radius 3 is 2.67 bits per heavy atom. The summed E-state index contributed by atoms with van der Waals surface area (Å²) in [5, 5.41) is 0. The number of unbranched alkanes of at least 4 members (excludes halogenated alkanes) is 3. The van der Waals surface area contributed by atoms with Crippen LogP contribution in [0.1, 0.15) is 42.5 Å². The van der Waals surface area contributed by atoms with Crippen molar-refractivity contribution in [2.45, 2.75) is 32.1 Å². The number of hydrogen-bond donors (Lipinski definition) is 0. The molecule has 0 bridgehead atoms. The Labute approximate surface area is 114 Å². The van der Waals surface area contributed by atoms with Crippen LogP contribution in [0, 0.1) is 11.6 Å². The van der Waals surface area contributed by atoms with Crippen LogP contribution in [0.2, 0.25) is 0 Å². The monoisotopic (exact) mass is 316 g/mol. The zero-order chi connectivity index (χ0) is 13.5. The second kappa shape index (κ2) is 7.41. The smallest absolute Gasteiger partial charge is 0.173 e. The summed E-state index contributed by atoms with van der Waals surface area (Å²) in [5.74, 6) is -2.13. The number of allylic oxidation sites excluding steroid dienone is 1. The first-order valence-corrected chi connectivity index (χ1v) is 6.64. The van der Waals surface area contributed by atoms with E-state index >= 15 is 0 Å². The van der Waals surface area contributed by atoms with Gasteiger partial charge in [-0.05, 0) is 47.3 Å². The maximum Gasteiger partial charge on any atom is 0.173 e. The minimum Gasteiger partial charge on any atom is -0.294 e. The molecular formula is C14H15BrF2O. The van der Waals surface area contributed by atoms with Crippen LogP contribution in [0.15, 0.2) is 29.3 Å². The van der Waals surface area contributed by atoms with Gasteiger partial charge in [0.15, 0.2) is 17.4 Å². The largest absolute Gasteiger partial charge is 0.294 e. The number of Topliss-reactive ketones (excluding diaryl/α,β-unsaturated/α-hetero) is 1. The van der Waals surface area contributed by atoms with Crippen molar-refractivity contribution in [3.05, 3.63) is 46.5 Å². The van der Waals surface area contributed by atoms with Gasteiger partial charge in [0.2, 0.25) is 0 Å². The lowest BCUT2D eigenvalue weighted by Gasteiger charge is -2.05. The lowest BCUT2D eigenvalue weighted by Crippen LogP contribution is -2.02. The molecule has 0 fully saturated rings. The molecule has 0 atom stereocenters. The van der Waals surface area contributed by atoms with E-state index in [1.165, 1.54) is 6.07 Å². The molecule has 0 heterocycles. The summed E-state index contributed by atoms with van der Waals surface area (Å²) in [6.07, 6.45) is 5.80. The fraction of sp³-hybridized carbons (Fsp3) is 0.357. The van der Waals surface area contributed by atoms with E-state index in [-0.39, 0.29) is 15.8 Å². The van der Waals surface area contributed by atoms with E-state index < -0.39 is 11.6 Å². The SMILES string of the molecule is C=CCCCCCC(=O)c1ccc(F)c(F)c1Br. The number of rotatable bonds is 7. The molecule has 0 aliphatic carbocycles. The minimum absolute atomic E-state index is 0.0846. The Morgan fingerprint density at radius 1 is 1.28 bits per heavy atom. The van der Waals surface area contributed by atoms with Gasteiger partial charge in [0, 0.05) is 12.0 Å². The van der Waals surface area contributed by atoms with E-state index in [4.69, 9.17) is 0 Å². The van der Waals surface area contributed by atoms with E-state index in [0.717, 1.165) is 31.7 Å². The van der Waals surface area contributed by atoms with Crippen LogP contribution in [0.4, 0.5) is 8.78 Å². The summed E-state index contributed by atoms with van der Waals surface area (Å²) < 4.78 is 26.1. The molecule has 1 nitrogen and oxygen atoms in total. The average Bonchev–Trinajstić information content (AvgIpc) is 2.35. The van der Waals surface area contributed by atoms with Gasteiger partial charge in [0.1, 0.15) is 0 Å². The fourth-order valence-corrected chi connectivity index (χ4v) is 2.17. The summed E-state index contributed by atoms with van der Waals surface area (Å²) in [6, 6.07) is 2.29. The normalized spacial score (nSPS) is 10.4. The number of carbonyl (C=O) groups is 1. The predicted octanol–water partition coefficient (Wildman–Crippen LogP) is 5.05. The molecule has 0 spiro atoms. The molecule has 0 unspecified atom stereocenters. The Bertz CT molecular complexity index is 444. The standard InChI is InChI=1S/C14H15BrF2O/c1-2-3-4-5-6-7-12(18)10-8-9-11(16)14(17)13(10)15/h2,8-9H,1,3-7H2. The Kier molecular flexibility index (Phi) is 6.19. The molecule has 98 valence electrons. The number of ketones is 1. The van der Waals surface area contributed by atoms with Gasteiger partial charge in [0.05, 0.1) is 4.47 Å². The molecule has 0 aromatic heterocycles. The predicted molar refractivity (Wildman–Crippen MR) is 71.7 cm³/mol. The van der Waals surface area contributed by atoms with Crippen LogP contribution in [-0.2, 0) is 0 Å². The Balaban J connectivity index is 2.57. The third-order valence-electron chi connectivity index (χ3n) is 2.65. The van der Waals surface area contributed by atoms with Crippen LogP contribution in [0.25, 0.3) is 0 Å². The quantitative estimate of drug-likeness (QED) is 0.298. The number of hydrogen-bond acceptors (Lipinski definition) is 1. The topological polar surface area (TPSA) is 17.1 Å². The highest BCUT2D eigenvalue weighted by Crippen LogP contribution is 2.24. The lowest BCUT2D eigenvalue weighted by molar-refractivity contribution is 0.0978. The molecule has 0 N–H and O–H groups in total. The van der Waals surface area contributed by atoms with E-state index in [0.29, 0.717) is 6.42 Å². The minimum atomic E-state index is -1.01. The molecule has 1 rings (SSSR count). The highest BCUT2D eigenvalue weighted by atomic mass is 79.9. The molecule has 0 aliphatic heterocycles. The first kappa shape index (κ1) is 15.0. The molecule has 0 aliphatic rings. The number of halogens is 3. The molecule has 0 radical (unpaired) electrons. The highest BCUT2D eigenvalue weighted by Gasteiger charge is 2.16. The lowest BCUT2D eigenvalue weighted by atomic mass is 10.0. The first-order chi connectivity index (χ1) is 8.57. The summed E-state index contributed by atoms with van der Waals surface area (Å²) in [4.78, 5) is 11.8. The van der Waals surface area contributed by atoms with Gasteiger partial charge < -0.3 is 0 Å². The van der Waals surface area contributed by atoms with Gasteiger partial charge >= 0.3 is 0 Å². The highest BCUT2D eigenvalue weighted by molar-refractivity contribution is 9.10. The van der Waals surface area contributed by atoms with Crippen LogP contribution < -0.4 is 0 Å². The van der Waals surface area contributed by atoms with Crippen molar-refractivity contribution in [1.82, 2.24) is 0 Å². The van der Waals surface area contributed by atoms with Crippen molar-refractivity contribution in [1.29, 1.82) is 0 Å². The van der Waals surface area contributed by atoms with Crippen molar-refractivity contribution < 1.29 is 13.6 Å². The zero-order valence-electron chi connectivity index (χ0n) is 10.0. The van der Waals surface area contributed by atoms with Crippen LogP contribution in [0.5, 0.6) is 0 Å². The first-order valence-electron chi connectivity index (χ1n) is 5.85. The van der Waals surface area contributed by atoms with Gasteiger partial charge in [-0.1, -0.05) is 12.5 Å². The van der Waals surface area contributed by atoms with E-state index in [9.17, 15) is 13.6 Å². The summed E-state index contributed by atoms with van der Waals surface area (Å²) in [7, 11) is 0. The second-order valence-electron chi connectivity index (χ2n) is 4.03. The third kappa shape index (κ3) is 4.02. The van der Waals surface area contributed by atoms with Crippen molar-refractivity contribution in [3.63, 3.8) is 0 Å². The average molecular weight is 317 g/mol. The van der Waals surface area contributed by atoms with E-state index in [2.05, 4.69) is 22.5 Å². The van der Waals surface area contributed by atoms with Crippen LogP contribution in [0.3, 0.4) is 0 Å². The molecular weight excluding hydrogens is 302 g/mol. The van der Waals surface area contributed by atoms with Crippen molar-refractivity contribution in [3.8, 4) is 0 Å². The molecule has 0 saturated carbocycles. The molecule has 1 aromatic rings. The second-order valence-corrected chi connectivity index (χ2v) is 4.83. The summed E-state index contributed by atoms with van der Waals surface area (Å²) in [5.41, 5.74) is 0.206. The molecule has 4 heteroatoms. The Morgan fingerprint density at radius 2 is 2.00 bits per heavy atom. The van der Waals surface area contributed by atoms with Gasteiger partial charge in [-0.3, -0.25) is 4.79 Å². The molecule has 0 saturated heterocycles. The zero-order valence-corrected chi connectivity index (χ0v) is 11.6. The van der Waals surface area contributed by atoms with E-state index in [1.54, 1.807) is 0 Å². The molecule has 1 aromatic carbocycles. The maximum absolute atomic E-state index is 13.3. The molecule has 0 amide bonds. The van der Waals surface area contributed by atoms with Crippen molar-refractivity contribution in [2.75, 3.05) is 0 Å². The van der Waals surface area contributed by atoms with Crippen LogP contribution >= 0.6 is 15.9 Å². The van der Waals surface area contributed by atoms with Crippen LogP contribution in [-0.4, -0.2) is 5.78 Å². The van der Waals surface area contributed by atoms with Gasteiger partial charge in [-0.2, -0.15) is 0 Å². The van der Waals surface area contributed by atoms with Gasteiger partial charge in [-0.15, -0.1) is 6.58 Å². The number of carbonyl (C=O) groups excluding carboxylic acids is 1. The summed E-state index contributed by atoms with van der Waals surface area (Å²) in [6.45, 7) is 3.62. The third-order valence-corrected chi connectivity index (χ3v) is 3.42. The number of benzene rings is 1. The maximum atomic E-state index is 13.3. The fourth-order valence-electron chi connectivity index (χ4n) is 1.63. The van der Waals surface area contributed by atoms with Gasteiger partial charge in [0.25, 0.3) is 0 Å². The van der Waals surface area contributed by atoms with Crippen molar-refractivity contribution >= 4 is 21.7 Å². The Hall–Kier alpha value is -1.03. The van der Waals surface area contributed by atoms with Crippen molar-refractivity contribution in [2.24, 2.45) is 0 Å².